The number of likely N-dealkylation sites (tertiary alicyclic amines) is 1. The van der Waals surface area contributed by atoms with Gasteiger partial charge in [-0.15, -0.1) is 0 Å². The average molecular weight is 415 g/mol. The van der Waals surface area contributed by atoms with Gasteiger partial charge >= 0.3 is 0 Å². The number of methoxy groups -OCH3 is 1. The van der Waals surface area contributed by atoms with Crippen LogP contribution in [0.3, 0.4) is 0 Å². The van der Waals surface area contributed by atoms with Crippen LogP contribution in [0, 0.1) is 0 Å². The summed E-state index contributed by atoms with van der Waals surface area (Å²) in [5, 5.41) is 5.88. The molecular weight excluding hydrogens is 384 g/mol. The molecule has 4 rings (SSSR count). The normalized spacial score (nSPS) is 23.0. The summed E-state index contributed by atoms with van der Waals surface area (Å²) in [6, 6.07) is 6.05. The third-order valence-electron chi connectivity index (χ3n) is 6.33. The van der Waals surface area contributed by atoms with Crippen LogP contribution in [0.1, 0.15) is 47.2 Å². The molecule has 3 amide bonds. The first kappa shape index (κ1) is 21.0. The van der Waals surface area contributed by atoms with Crippen molar-refractivity contribution in [1.82, 2.24) is 20.4 Å². The van der Waals surface area contributed by atoms with E-state index in [1.807, 2.05) is 12.1 Å². The largest absolute Gasteiger partial charge is 0.383 e. The highest BCUT2D eigenvalue weighted by Gasteiger charge is 2.39. The maximum atomic E-state index is 13.0. The second kappa shape index (κ2) is 9.24. The Hall–Kier alpha value is -2.29. The number of hydrogen-bond acceptors (Lipinski definition) is 6. The summed E-state index contributed by atoms with van der Waals surface area (Å²) in [6.45, 7) is 4.93. The summed E-state index contributed by atoms with van der Waals surface area (Å²) in [5.41, 5.74) is 2.76. The molecule has 1 aromatic rings. The molecule has 8 heteroatoms. The fourth-order valence-corrected chi connectivity index (χ4v) is 4.62. The van der Waals surface area contributed by atoms with Crippen LogP contribution in [0.25, 0.3) is 0 Å². The van der Waals surface area contributed by atoms with Gasteiger partial charge in [0.05, 0.1) is 6.61 Å². The van der Waals surface area contributed by atoms with E-state index in [-0.39, 0.29) is 24.1 Å². The maximum absolute atomic E-state index is 13.0. The number of nitrogens with one attached hydrogen (secondary N) is 2. The minimum Gasteiger partial charge on any atom is -0.383 e. The Kier molecular flexibility index (Phi) is 6.46. The molecule has 1 unspecified atom stereocenters. The van der Waals surface area contributed by atoms with Crippen LogP contribution in [0.15, 0.2) is 18.2 Å². The molecule has 0 aliphatic carbocycles. The van der Waals surface area contributed by atoms with Crippen molar-refractivity contribution < 1.29 is 19.1 Å². The lowest BCUT2D eigenvalue weighted by Gasteiger charge is -2.32. The highest BCUT2D eigenvalue weighted by atomic mass is 16.5. The first-order valence-corrected chi connectivity index (χ1v) is 10.8. The number of nitrogens with zero attached hydrogens (tertiary/aromatic N) is 2. The number of carbonyl (C=O) groups excluding carboxylic acids is 3. The molecule has 0 aromatic heterocycles. The molecule has 8 nitrogen and oxygen atoms in total. The molecule has 2 saturated heterocycles. The number of imide groups is 1. The van der Waals surface area contributed by atoms with Crippen LogP contribution in [0.5, 0.6) is 0 Å². The lowest BCUT2D eigenvalue weighted by Crippen LogP contribution is -2.52. The van der Waals surface area contributed by atoms with E-state index in [0.29, 0.717) is 24.6 Å². The van der Waals surface area contributed by atoms with Crippen LogP contribution < -0.4 is 10.6 Å². The number of rotatable bonds is 7. The third kappa shape index (κ3) is 4.55. The smallest absolute Gasteiger partial charge is 0.255 e. The van der Waals surface area contributed by atoms with E-state index in [0.717, 1.165) is 56.8 Å². The quantitative estimate of drug-likeness (QED) is 0.503. The highest BCUT2D eigenvalue weighted by Crippen LogP contribution is 2.28. The van der Waals surface area contributed by atoms with Crippen molar-refractivity contribution in [3.05, 3.63) is 34.9 Å². The lowest BCUT2D eigenvalue weighted by atomic mass is 10.0. The summed E-state index contributed by atoms with van der Waals surface area (Å²) in [4.78, 5) is 40.6. The van der Waals surface area contributed by atoms with Crippen molar-refractivity contribution in [3.63, 3.8) is 0 Å². The third-order valence-corrected chi connectivity index (χ3v) is 6.33. The van der Waals surface area contributed by atoms with Gasteiger partial charge in [-0.3, -0.25) is 24.6 Å². The summed E-state index contributed by atoms with van der Waals surface area (Å²) in [6.07, 6.45) is 2.89. The number of carbonyl (C=O) groups is 3. The molecule has 2 N–H and O–H groups in total. The highest BCUT2D eigenvalue weighted by molar-refractivity contribution is 6.05. The topological polar surface area (TPSA) is 91.0 Å². The maximum Gasteiger partial charge on any atom is 0.255 e. The van der Waals surface area contributed by atoms with Gasteiger partial charge in [0.15, 0.2) is 0 Å². The molecule has 162 valence electrons. The van der Waals surface area contributed by atoms with E-state index in [4.69, 9.17) is 4.74 Å². The minimum atomic E-state index is -0.560. The van der Waals surface area contributed by atoms with Crippen LogP contribution in [-0.2, 0) is 27.4 Å². The van der Waals surface area contributed by atoms with Crippen molar-refractivity contribution in [2.45, 2.75) is 50.9 Å². The van der Waals surface area contributed by atoms with Crippen molar-refractivity contribution in [1.29, 1.82) is 0 Å². The van der Waals surface area contributed by atoms with E-state index in [9.17, 15) is 14.4 Å². The molecule has 30 heavy (non-hydrogen) atoms. The second-order valence-corrected chi connectivity index (χ2v) is 8.39. The zero-order valence-electron chi connectivity index (χ0n) is 17.5. The molecule has 3 aliphatic rings. The Balaban J connectivity index is 1.34. The fraction of sp³-hybridized carbons (Fsp3) is 0.591. The van der Waals surface area contributed by atoms with E-state index in [1.54, 1.807) is 12.0 Å². The van der Waals surface area contributed by atoms with Gasteiger partial charge in [0.1, 0.15) is 6.04 Å². The van der Waals surface area contributed by atoms with Gasteiger partial charge in [-0.05, 0) is 49.5 Å². The monoisotopic (exact) mass is 414 g/mol. The van der Waals surface area contributed by atoms with E-state index < -0.39 is 6.04 Å². The molecule has 1 aromatic carbocycles. The zero-order chi connectivity index (χ0) is 21.1. The number of piperidine rings is 2. The molecule has 3 aliphatic heterocycles. The van der Waals surface area contributed by atoms with Gasteiger partial charge in [-0.2, -0.15) is 0 Å². The van der Waals surface area contributed by atoms with Gasteiger partial charge < -0.3 is 15.0 Å². The number of benzene rings is 1. The molecular formula is C22H30N4O4. The van der Waals surface area contributed by atoms with Crippen LogP contribution >= 0.6 is 0 Å². The van der Waals surface area contributed by atoms with Gasteiger partial charge in [-0.25, -0.2) is 0 Å². The molecule has 0 saturated carbocycles. The van der Waals surface area contributed by atoms with E-state index >= 15 is 0 Å². The summed E-state index contributed by atoms with van der Waals surface area (Å²) in [7, 11) is 1.72. The minimum absolute atomic E-state index is 0.109. The molecule has 0 spiro atoms. The van der Waals surface area contributed by atoms with Gasteiger partial charge in [0.2, 0.25) is 11.8 Å². The van der Waals surface area contributed by atoms with Gasteiger partial charge in [-0.1, -0.05) is 12.1 Å². The van der Waals surface area contributed by atoms with Gasteiger partial charge in [0, 0.05) is 44.8 Å². The predicted molar refractivity (Wildman–Crippen MR) is 111 cm³/mol. The number of amides is 3. The van der Waals surface area contributed by atoms with Crippen molar-refractivity contribution >= 4 is 17.7 Å². The fourth-order valence-electron chi connectivity index (χ4n) is 4.62. The summed E-state index contributed by atoms with van der Waals surface area (Å²) < 4.78 is 5.09. The van der Waals surface area contributed by atoms with E-state index in [2.05, 4.69) is 21.6 Å². The van der Waals surface area contributed by atoms with Crippen LogP contribution in [0.2, 0.25) is 0 Å². The standard InChI is InChI=1S/C22H30N4O4/c1-30-11-8-23-17-6-9-25(10-7-17)13-15-2-3-16-14-26(22(29)18(16)12-15)19-4-5-20(27)24-21(19)28/h2-3,12,17,19,23H,4-11,13-14H2,1H3,(H,24,27,28). The van der Waals surface area contributed by atoms with Crippen molar-refractivity contribution in [2.24, 2.45) is 0 Å². The van der Waals surface area contributed by atoms with E-state index in [1.165, 1.54) is 0 Å². The SMILES string of the molecule is COCCNC1CCN(Cc2ccc3c(c2)C(=O)N(C2CCC(=O)NC2=O)C3)CC1. The Bertz CT molecular complexity index is 819. The molecule has 3 heterocycles. The Morgan fingerprint density at radius 2 is 1.97 bits per heavy atom. The van der Waals surface area contributed by atoms with Crippen LogP contribution in [0.4, 0.5) is 0 Å². The first-order valence-electron chi connectivity index (χ1n) is 10.8. The second-order valence-electron chi connectivity index (χ2n) is 8.39. The zero-order valence-corrected chi connectivity index (χ0v) is 17.5. The number of ether oxygens (including phenoxy) is 1. The molecule has 1 atom stereocenters. The predicted octanol–water partition coefficient (Wildman–Crippen LogP) is 0.648. The lowest BCUT2D eigenvalue weighted by molar-refractivity contribution is -0.136. The molecule has 0 radical (unpaired) electrons. The number of fused-ring (bicyclic) bond motifs is 1. The van der Waals surface area contributed by atoms with Gasteiger partial charge in [0.25, 0.3) is 5.91 Å². The number of hydrogen-bond donors (Lipinski definition) is 2. The molecule has 0 bridgehead atoms. The summed E-state index contributed by atoms with van der Waals surface area (Å²) >= 11 is 0. The van der Waals surface area contributed by atoms with Crippen LogP contribution in [-0.4, -0.2) is 73.0 Å². The molecule has 2 fully saturated rings. The van der Waals surface area contributed by atoms with Crippen molar-refractivity contribution in [2.75, 3.05) is 33.4 Å². The average Bonchev–Trinajstić information content (AvgIpc) is 3.05. The Labute approximate surface area is 176 Å². The summed E-state index contributed by atoms with van der Waals surface area (Å²) in [5.74, 6) is -0.739. The Morgan fingerprint density at radius 3 is 2.70 bits per heavy atom. The first-order chi connectivity index (χ1) is 14.5. The Morgan fingerprint density at radius 1 is 1.17 bits per heavy atom. The van der Waals surface area contributed by atoms with Crippen molar-refractivity contribution in [3.8, 4) is 0 Å².